The average Bonchev–Trinajstić information content (AvgIpc) is 2.77. The fourth-order valence-electron chi connectivity index (χ4n) is 3.22. The second kappa shape index (κ2) is 17.0. The third kappa shape index (κ3) is 11.5. The molecule has 0 N–H and O–H groups in total. The summed E-state index contributed by atoms with van der Waals surface area (Å²) in [5.41, 5.74) is 2.26. The van der Waals surface area contributed by atoms with Crippen LogP contribution in [-0.4, -0.2) is 8.42 Å². The lowest BCUT2D eigenvalue weighted by molar-refractivity contribution is 0.480. The van der Waals surface area contributed by atoms with Crippen LogP contribution in [0.5, 0.6) is 0 Å². The molecule has 3 heteroatoms. The lowest BCUT2D eigenvalue weighted by Crippen LogP contribution is -2.03. The number of unbranched alkanes of at least 4 members (excludes halogenated alkanes) is 1. The molecule has 0 spiro atoms. The molecule has 0 atom stereocenters. The van der Waals surface area contributed by atoms with Gasteiger partial charge in [-0.15, -0.1) is 0 Å². The van der Waals surface area contributed by atoms with Gasteiger partial charge in [0.05, 0.1) is 9.79 Å². The van der Waals surface area contributed by atoms with Crippen molar-refractivity contribution < 1.29 is 8.42 Å². The zero-order chi connectivity index (χ0) is 23.7. The van der Waals surface area contributed by atoms with Crippen molar-refractivity contribution in [1.29, 1.82) is 0 Å². The van der Waals surface area contributed by atoms with Crippen LogP contribution in [0.4, 0.5) is 0 Å². The van der Waals surface area contributed by atoms with E-state index in [9.17, 15) is 8.42 Å². The zero-order valence-corrected chi connectivity index (χ0v) is 21.9. The highest BCUT2D eigenvalue weighted by Gasteiger charge is 2.17. The monoisotopic (exact) mass is 446 g/mol. The van der Waals surface area contributed by atoms with E-state index in [0.717, 1.165) is 29.9 Å². The molecule has 176 valence electrons. The summed E-state index contributed by atoms with van der Waals surface area (Å²) in [4.78, 5) is 0.731. The second-order valence-corrected chi connectivity index (χ2v) is 10.3. The van der Waals surface area contributed by atoms with Crippen LogP contribution in [0, 0.1) is 12.8 Å². The molecule has 2 aromatic carbocycles. The Balaban J connectivity index is 0.000000625. The number of aryl methyl sites for hydroxylation is 2. The van der Waals surface area contributed by atoms with Gasteiger partial charge >= 0.3 is 0 Å². The molecule has 2 nitrogen and oxygen atoms in total. The number of rotatable bonds is 9. The molecule has 0 radical (unpaired) electrons. The van der Waals surface area contributed by atoms with Gasteiger partial charge in [0.25, 0.3) is 0 Å². The summed E-state index contributed by atoms with van der Waals surface area (Å²) in [5.74, 6) is 0.963. The first-order valence-electron chi connectivity index (χ1n) is 12.2. The van der Waals surface area contributed by atoms with Crippen LogP contribution in [0.2, 0.25) is 0 Å². The molecule has 0 saturated carbocycles. The second-order valence-electron chi connectivity index (χ2n) is 8.34. The Morgan fingerprint density at radius 3 is 1.71 bits per heavy atom. The fourth-order valence-corrected chi connectivity index (χ4v) is 4.55. The van der Waals surface area contributed by atoms with Crippen LogP contribution in [0.15, 0.2) is 58.3 Å². The van der Waals surface area contributed by atoms with Gasteiger partial charge in [0.2, 0.25) is 9.84 Å². The van der Waals surface area contributed by atoms with Gasteiger partial charge in [-0.3, -0.25) is 0 Å². The Kier molecular flexibility index (Phi) is 16.1. The summed E-state index contributed by atoms with van der Waals surface area (Å²) >= 11 is 0. The van der Waals surface area contributed by atoms with Gasteiger partial charge < -0.3 is 0 Å². The standard InChI is InChI=1S/C16H18O2S.C8H18.C4H10/c1-3-7-14-12-16(11-10-13(14)2)19(17,18)15-8-5-4-6-9-15;1-4-6-8(3)7-5-2;1-3-4-2/h4-6,8-12H,3,7H2,1-2H3;8H,4-7H2,1-3H3;3-4H2,1-2H3. The third-order valence-electron chi connectivity index (χ3n) is 5.27. The summed E-state index contributed by atoms with van der Waals surface area (Å²) in [6, 6.07) is 14.0. The number of benzene rings is 2. The quantitative estimate of drug-likeness (QED) is 0.385. The predicted octanol–water partition coefficient (Wildman–Crippen LogP) is 8.81. The van der Waals surface area contributed by atoms with Crippen molar-refractivity contribution in [3.8, 4) is 0 Å². The fraction of sp³-hybridized carbons (Fsp3) is 0.571. The van der Waals surface area contributed by atoms with E-state index in [1.54, 1.807) is 36.4 Å². The van der Waals surface area contributed by atoms with Crippen LogP contribution in [-0.2, 0) is 16.3 Å². The van der Waals surface area contributed by atoms with Gasteiger partial charge in [-0.1, -0.05) is 111 Å². The summed E-state index contributed by atoms with van der Waals surface area (Å²) < 4.78 is 25.0. The molecule has 0 bridgehead atoms. The predicted molar refractivity (Wildman–Crippen MR) is 137 cm³/mol. The number of hydrogen-bond acceptors (Lipinski definition) is 2. The van der Waals surface area contributed by atoms with E-state index in [0.29, 0.717) is 9.79 Å². The summed E-state index contributed by atoms with van der Waals surface area (Å²) in [6.07, 6.45) is 10.1. The van der Waals surface area contributed by atoms with Gasteiger partial charge in [-0.2, -0.15) is 0 Å². The molecule has 2 aromatic rings. The Bertz CT molecular complexity index is 787. The molecule has 0 heterocycles. The third-order valence-corrected chi connectivity index (χ3v) is 7.03. The lowest BCUT2D eigenvalue weighted by atomic mass is 10.0. The van der Waals surface area contributed by atoms with Gasteiger partial charge in [-0.25, -0.2) is 8.42 Å². The minimum absolute atomic E-state index is 0.348. The van der Waals surface area contributed by atoms with E-state index in [1.807, 2.05) is 19.1 Å². The topological polar surface area (TPSA) is 34.1 Å². The van der Waals surface area contributed by atoms with E-state index < -0.39 is 9.84 Å². The van der Waals surface area contributed by atoms with Crippen molar-refractivity contribution in [3.05, 3.63) is 59.7 Å². The maximum Gasteiger partial charge on any atom is 0.206 e. The molecule has 31 heavy (non-hydrogen) atoms. The molecule has 0 aromatic heterocycles. The van der Waals surface area contributed by atoms with Crippen molar-refractivity contribution in [1.82, 2.24) is 0 Å². The van der Waals surface area contributed by atoms with Crippen LogP contribution in [0.3, 0.4) is 0 Å². The molecule has 0 unspecified atom stereocenters. The van der Waals surface area contributed by atoms with E-state index in [1.165, 1.54) is 38.5 Å². The molecule has 0 aliphatic heterocycles. The van der Waals surface area contributed by atoms with Gasteiger partial charge in [0.15, 0.2) is 0 Å². The van der Waals surface area contributed by atoms with Gasteiger partial charge in [0.1, 0.15) is 0 Å². The Hall–Kier alpha value is -1.61. The first-order chi connectivity index (χ1) is 14.8. The van der Waals surface area contributed by atoms with Gasteiger partial charge in [0, 0.05) is 0 Å². The molecular formula is C28H46O2S. The normalized spacial score (nSPS) is 10.7. The molecule has 0 amide bonds. The van der Waals surface area contributed by atoms with Crippen LogP contribution in [0.25, 0.3) is 0 Å². The Morgan fingerprint density at radius 1 is 0.710 bits per heavy atom. The maximum absolute atomic E-state index is 12.5. The first-order valence-corrected chi connectivity index (χ1v) is 13.7. The van der Waals surface area contributed by atoms with Crippen molar-refractivity contribution >= 4 is 9.84 Å². The molecule has 0 fully saturated rings. The highest BCUT2D eigenvalue weighted by Crippen LogP contribution is 2.23. The smallest absolute Gasteiger partial charge is 0.206 e. The van der Waals surface area contributed by atoms with E-state index in [4.69, 9.17) is 0 Å². The van der Waals surface area contributed by atoms with Crippen molar-refractivity contribution in [2.24, 2.45) is 5.92 Å². The van der Waals surface area contributed by atoms with Crippen molar-refractivity contribution in [3.63, 3.8) is 0 Å². The summed E-state index contributed by atoms with van der Waals surface area (Å²) in [5, 5.41) is 0. The van der Waals surface area contributed by atoms with Gasteiger partial charge in [-0.05, 0) is 54.7 Å². The molecule has 0 aliphatic carbocycles. The minimum atomic E-state index is -3.40. The highest BCUT2D eigenvalue weighted by molar-refractivity contribution is 7.91. The number of hydrogen-bond donors (Lipinski definition) is 0. The van der Waals surface area contributed by atoms with Crippen molar-refractivity contribution in [2.45, 2.75) is 110 Å². The zero-order valence-electron chi connectivity index (χ0n) is 21.1. The Labute approximate surface area is 193 Å². The number of sulfone groups is 1. The first kappa shape index (κ1) is 29.4. The van der Waals surface area contributed by atoms with E-state index in [-0.39, 0.29) is 0 Å². The summed E-state index contributed by atoms with van der Waals surface area (Å²) in [6.45, 7) is 15.3. The van der Waals surface area contributed by atoms with Crippen LogP contribution in [0.1, 0.15) is 97.6 Å². The lowest BCUT2D eigenvalue weighted by Gasteiger charge is -2.09. The molecule has 0 aliphatic rings. The largest absolute Gasteiger partial charge is 0.219 e. The molecular weight excluding hydrogens is 400 g/mol. The molecule has 2 rings (SSSR count). The van der Waals surface area contributed by atoms with Crippen LogP contribution >= 0.6 is 0 Å². The van der Waals surface area contributed by atoms with E-state index in [2.05, 4.69) is 41.5 Å². The SMILES string of the molecule is CCCC.CCCC(C)CCC.CCCc1cc(S(=O)(=O)c2ccccc2)ccc1C. The van der Waals surface area contributed by atoms with Crippen molar-refractivity contribution in [2.75, 3.05) is 0 Å². The van der Waals surface area contributed by atoms with Crippen LogP contribution < -0.4 is 0 Å². The maximum atomic E-state index is 12.5. The summed E-state index contributed by atoms with van der Waals surface area (Å²) in [7, 11) is -3.40. The Morgan fingerprint density at radius 2 is 1.26 bits per heavy atom. The van der Waals surface area contributed by atoms with E-state index >= 15 is 0 Å². The highest BCUT2D eigenvalue weighted by atomic mass is 32.2. The minimum Gasteiger partial charge on any atom is -0.219 e. The molecule has 0 saturated heterocycles. The average molecular weight is 447 g/mol.